The summed E-state index contributed by atoms with van der Waals surface area (Å²) in [6.07, 6.45) is 2.06. The van der Waals surface area contributed by atoms with Crippen LogP contribution < -0.4 is 9.47 Å². The molecule has 2 atom stereocenters. The fourth-order valence-corrected chi connectivity index (χ4v) is 2.53. The first-order valence-corrected chi connectivity index (χ1v) is 6.91. The molecular weight excluding hydrogens is 272 g/mol. The molecule has 0 bridgehead atoms. The molecule has 21 heavy (non-hydrogen) atoms. The number of ether oxygens (including phenoxy) is 3. The molecule has 1 aromatic rings. The SMILES string of the molecule is C=CCOc1ccc2c(c1)[C@H](CCO)[C@@H](CC(=O)OC)O2. The van der Waals surface area contributed by atoms with Crippen LogP contribution >= 0.6 is 0 Å². The molecule has 0 amide bonds. The van der Waals surface area contributed by atoms with Gasteiger partial charge in [0.2, 0.25) is 0 Å². The van der Waals surface area contributed by atoms with E-state index < -0.39 is 0 Å². The third kappa shape index (κ3) is 3.55. The Balaban J connectivity index is 2.20. The molecule has 0 aromatic heterocycles. The first-order chi connectivity index (χ1) is 10.2. The third-order valence-corrected chi connectivity index (χ3v) is 3.51. The Morgan fingerprint density at radius 1 is 1.52 bits per heavy atom. The van der Waals surface area contributed by atoms with Crippen LogP contribution in [0, 0.1) is 0 Å². The minimum atomic E-state index is -0.320. The maximum absolute atomic E-state index is 11.5. The van der Waals surface area contributed by atoms with Gasteiger partial charge in [-0.05, 0) is 24.6 Å². The second kappa shape index (κ2) is 7.13. The van der Waals surface area contributed by atoms with Crippen molar-refractivity contribution < 1.29 is 24.1 Å². The van der Waals surface area contributed by atoms with Crippen molar-refractivity contribution in [3.8, 4) is 11.5 Å². The summed E-state index contributed by atoms with van der Waals surface area (Å²) in [5, 5.41) is 9.26. The molecule has 2 rings (SSSR count). The van der Waals surface area contributed by atoms with E-state index >= 15 is 0 Å². The zero-order chi connectivity index (χ0) is 15.2. The maximum Gasteiger partial charge on any atom is 0.309 e. The van der Waals surface area contributed by atoms with Gasteiger partial charge >= 0.3 is 5.97 Å². The Kier molecular flexibility index (Phi) is 5.22. The summed E-state index contributed by atoms with van der Waals surface area (Å²) < 4.78 is 16.0. The van der Waals surface area contributed by atoms with Crippen molar-refractivity contribution in [2.24, 2.45) is 0 Å². The van der Waals surface area contributed by atoms with Crippen LogP contribution in [-0.4, -0.2) is 37.5 Å². The fourth-order valence-electron chi connectivity index (χ4n) is 2.53. The van der Waals surface area contributed by atoms with Crippen LogP contribution in [0.15, 0.2) is 30.9 Å². The summed E-state index contributed by atoms with van der Waals surface area (Å²) in [6.45, 7) is 4.07. The molecule has 0 radical (unpaired) electrons. The van der Waals surface area contributed by atoms with E-state index in [2.05, 4.69) is 6.58 Å². The highest BCUT2D eigenvalue weighted by molar-refractivity contribution is 5.70. The number of rotatable bonds is 7. The topological polar surface area (TPSA) is 65.0 Å². The number of carbonyl (C=O) groups is 1. The quantitative estimate of drug-likeness (QED) is 0.615. The van der Waals surface area contributed by atoms with E-state index in [1.165, 1.54) is 7.11 Å². The van der Waals surface area contributed by atoms with Crippen molar-refractivity contribution in [3.63, 3.8) is 0 Å². The minimum absolute atomic E-state index is 0.0306. The Bertz CT molecular complexity index is 511. The van der Waals surface area contributed by atoms with Crippen LogP contribution in [0.1, 0.15) is 24.3 Å². The Morgan fingerprint density at radius 3 is 3.00 bits per heavy atom. The Hall–Kier alpha value is -2.01. The monoisotopic (exact) mass is 292 g/mol. The van der Waals surface area contributed by atoms with E-state index in [0.29, 0.717) is 13.0 Å². The van der Waals surface area contributed by atoms with E-state index in [-0.39, 0.29) is 31.0 Å². The molecule has 0 unspecified atom stereocenters. The number of fused-ring (bicyclic) bond motifs is 1. The highest BCUT2D eigenvalue weighted by Gasteiger charge is 2.35. The van der Waals surface area contributed by atoms with Crippen molar-refractivity contribution in [3.05, 3.63) is 36.4 Å². The number of hydrogen-bond donors (Lipinski definition) is 1. The van der Waals surface area contributed by atoms with Crippen molar-refractivity contribution >= 4 is 5.97 Å². The van der Waals surface area contributed by atoms with E-state index in [1.54, 1.807) is 6.08 Å². The largest absolute Gasteiger partial charge is 0.490 e. The Morgan fingerprint density at radius 2 is 2.33 bits per heavy atom. The van der Waals surface area contributed by atoms with Gasteiger partial charge < -0.3 is 19.3 Å². The molecule has 5 heteroatoms. The lowest BCUT2D eigenvalue weighted by molar-refractivity contribution is -0.142. The molecule has 1 aromatic carbocycles. The predicted molar refractivity (Wildman–Crippen MR) is 77.6 cm³/mol. The maximum atomic E-state index is 11.5. The second-order valence-corrected chi connectivity index (χ2v) is 4.85. The molecule has 1 heterocycles. The van der Waals surface area contributed by atoms with E-state index in [4.69, 9.17) is 14.2 Å². The summed E-state index contributed by atoms with van der Waals surface area (Å²) in [5.74, 6) is 1.09. The summed E-state index contributed by atoms with van der Waals surface area (Å²) >= 11 is 0. The molecule has 0 saturated carbocycles. The van der Waals surface area contributed by atoms with Gasteiger partial charge in [0.05, 0.1) is 13.5 Å². The molecule has 1 aliphatic rings. The van der Waals surface area contributed by atoms with Crippen LogP contribution in [0.5, 0.6) is 11.5 Å². The van der Waals surface area contributed by atoms with Crippen LogP contribution in [0.2, 0.25) is 0 Å². The number of hydrogen-bond acceptors (Lipinski definition) is 5. The summed E-state index contributed by atoms with van der Waals surface area (Å²) in [5.41, 5.74) is 0.958. The van der Waals surface area contributed by atoms with Gasteiger partial charge in [-0.3, -0.25) is 4.79 Å². The highest BCUT2D eigenvalue weighted by atomic mass is 16.5. The average Bonchev–Trinajstić information content (AvgIpc) is 2.82. The summed E-state index contributed by atoms with van der Waals surface area (Å²) in [4.78, 5) is 11.5. The zero-order valence-electron chi connectivity index (χ0n) is 12.1. The highest BCUT2D eigenvalue weighted by Crippen LogP contribution is 2.43. The minimum Gasteiger partial charge on any atom is -0.490 e. The summed E-state index contributed by atoms with van der Waals surface area (Å²) in [7, 11) is 1.35. The van der Waals surface area contributed by atoms with Gasteiger partial charge in [0.15, 0.2) is 0 Å². The lowest BCUT2D eigenvalue weighted by Crippen LogP contribution is -2.24. The van der Waals surface area contributed by atoms with Gasteiger partial charge in [-0.1, -0.05) is 12.7 Å². The molecule has 5 nitrogen and oxygen atoms in total. The predicted octanol–water partition coefficient (Wildman–Crippen LogP) is 2.04. The molecule has 114 valence electrons. The number of methoxy groups -OCH3 is 1. The lowest BCUT2D eigenvalue weighted by Gasteiger charge is -2.17. The van der Waals surface area contributed by atoms with Crippen molar-refractivity contribution in [2.75, 3.05) is 20.3 Å². The third-order valence-electron chi connectivity index (χ3n) is 3.51. The summed E-state index contributed by atoms with van der Waals surface area (Å²) in [6, 6.07) is 5.55. The lowest BCUT2D eigenvalue weighted by atomic mass is 9.91. The molecule has 0 spiro atoms. The Labute approximate surface area is 124 Å². The van der Waals surface area contributed by atoms with Gasteiger partial charge in [-0.15, -0.1) is 0 Å². The van der Waals surface area contributed by atoms with Crippen LogP contribution in [0.4, 0.5) is 0 Å². The van der Waals surface area contributed by atoms with Crippen molar-refractivity contribution in [1.82, 2.24) is 0 Å². The molecule has 0 fully saturated rings. The first kappa shape index (κ1) is 15.4. The standard InChI is InChI=1S/C16H20O5/c1-3-8-20-11-4-5-14-13(9-11)12(6-7-17)15(21-14)10-16(18)19-2/h3-5,9,12,15,17H,1,6-8,10H2,2H3/t12-,15+/m0/s1. The van der Waals surface area contributed by atoms with Crippen molar-refractivity contribution in [1.29, 1.82) is 0 Å². The second-order valence-electron chi connectivity index (χ2n) is 4.85. The van der Waals surface area contributed by atoms with Crippen molar-refractivity contribution in [2.45, 2.75) is 24.9 Å². The number of benzene rings is 1. The van der Waals surface area contributed by atoms with Gasteiger partial charge in [0, 0.05) is 18.1 Å². The normalized spacial score (nSPS) is 19.5. The number of aliphatic hydroxyl groups is 1. The number of aliphatic hydroxyl groups excluding tert-OH is 1. The van der Waals surface area contributed by atoms with Crippen LogP contribution in [0.25, 0.3) is 0 Å². The van der Waals surface area contributed by atoms with Gasteiger partial charge in [0.25, 0.3) is 0 Å². The van der Waals surface area contributed by atoms with Crippen LogP contribution in [0.3, 0.4) is 0 Å². The zero-order valence-corrected chi connectivity index (χ0v) is 12.1. The van der Waals surface area contributed by atoms with Crippen LogP contribution in [-0.2, 0) is 9.53 Å². The molecule has 0 aliphatic carbocycles. The van der Waals surface area contributed by atoms with E-state index in [1.807, 2.05) is 18.2 Å². The van der Waals surface area contributed by atoms with E-state index in [0.717, 1.165) is 17.1 Å². The van der Waals surface area contributed by atoms with Gasteiger partial charge in [0.1, 0.15) is 24.2 Å². The fraction of sp³-hybridized carbons (Fsp3) is 0.438. The first-order valence-electron chi connectivity index (χ1n) is 6.91. The molecule has 0 saturated heterocycles. The molecule has 1 N–H and O–H groups in total. The molecule has 1 aliphatic heterocycles. The van der Waals surface area contributed by atoms with E-state index in [9.17, 15) is 9.90 Å². The number of carbonyl (C=O) groups excluding carboxylic acids is 1. The smallest absolute Gasteiger partial charge is 0.309 e. The van der Waals surface area contributed by atoms with Gasteiger partial charge in [-0.2, -0.15) is 0 Å². The average molecular weight is 292 g/mol. The molecular formula is C16H20O5. The van der Waals surface area contributed by atoms with Gasteiger partial charge in [-0.25, -0.2) is 0 Å². The number of esters is 1.